The molecule has 0 amide bonds. The molecule has 0 bridgehead atoms. The van der Waals surface area contributed by atoms with Crippen molar-refractivity contribution in [1.82, 2.24) is 9.97 Å². The van der Waals surface area contributed by atoms with Crippen LogP contribution in [0.1, 0.15) is 77.0 Å². The standard InChI is InChI=1S/C32H27N2O.C23H28NSi.Ir/c1-32(2,23-10-6-7-11-23)24-16-17-34-28(19-24)26-15-14-25(22-8-4-3-5-9-22)30-27-13-12-21(20-33)18-29(27)35-31(26)30;1-23(2,3)15-18-14-21(24-16-22(18)25(4,5)6)20-13-9-11-17-10-7-8-12-19(17)20;/h3-5,8-9,12-14,16-19,23H,6-7,10-11H2,1-2H3;7-12,14,16H,15H2,1-6H3;/q2*-1;. The van der Waals surface area contributed by atoms with Gasteiger partial charge in [-0.25, -0.2) is 0 Å². The third kappa shape index (κ3) is 9.22. The molecule has 1 saturated carbocycles. The van der Waals surface area contributed by atoms with E-state index in [0.29, 0.717) is 17.1 Å². The molecule has 0 saturated heterocycles. The first kappa shape index (κ1) is 43.9. The number of rotatable bonds is 7. The molecule has 1 aliphatic carbocycles. The van der Waals surface area contributed by atoms with Gasteiger partial charge in [-0.05, 0) is 81.7 Å². The molecule has 4 nitrogen and oxygen atoms in total. The first-order valence-electron chi connectivity index (χ1n) is 21.4. The van der Waals surface area contributed by atoms with Gasteiger partial charge in [-0.2, -0.15) is 5.26 Å². The third-order valence-corrected chi connectivity index (χ3v) is 14.5. The predicted molar refractivity (Wildman–Crippen MR) is 253 cm³/mol. The summed E-state index contributed by atoms with van der Waals surface area (Å²) in [6.45, 7) is 18.9. The number of fused-ring (bicyclic) bond motifs is 4. The smallest absolute Gasteiger partial charge is 0.122 e. The average Bonchev–Trinajstić information content (AvgIpc) is 3.93. The second-order valence-corrected chi connectivity index (χ2v) is 24.4. The quantitative estimate of drug-likeness (QED) is 0.118. The van der Waals surface area contributed by atoms with Crippen LogP contribution >= 0.6 is 0 Å². The fourth-order valence-electron chi connectivity index (χ4n) is 9.18. The molecule has 3 heterocycles. The summed E-state index contributed by atoms with van der Waals surface area (Å²) < 4.78 is 6.45. The Hall–Kier alpha value is -5.18. The van der Waals surface area contributed by atoms with Gasteiger partial charge >= 0.3 is 0 Å². The zero-order valence-corrected chi connectivity index (χ0v) is 40.1. The second kappa shape index (κ2) is 17.7. The molecule has 1 fully saturated rings. The second-order valence-electron chi connectivity index (χ2n) is 19.4. The Morgan fingerprint density at radius 1 is 0.787 bits per heavy atom. The molecule has 0 unspecified atom stereocenters. The summed E-state index contributed by atoms with van der Waals surface area (Å²) in [5.74, 6) is 0.692. The van der Waals surface area contributed by atoms with Crippen molar-refractivity contribution < 1.29 is 24.5 Å². The van der Waals surface area contributed by atoms with E-state index in [0.717, 1.165) is 56.4 Å². The average molecular weight is 994 g/mol. The van der Waals surface area contributed by atoms with Crippen molar-refractivity contribution in [1.29, 1.82) is 5.26 Å². The molecular weight excluding hydrogens is 939 g/mol. The van der Waals surface area contributed by atoms with Crippen LogP contribution in [0.3, 0.4) is 0 Å². The molecule has 0 spiro atoms. The van der Waals surface area contributed by atoms with E-state index in [9.17, 15) is 5.26 Å². The van der Waals surface area contributed by atoms with Gasteiger partial charge in [-0.1, -0.05) is 168 Å². The molecule has 0 aliphatic heterocycles. The molecule has 1 radical (unpaired) electrons. The summed E-state index contributed by atoms with van der Waals surface area (Å²) in [4.78, 5) is 9.62. The van der Waals surface area contributed by atoms with Crippen LogP contribution in [-0.4, -0.2) is 18.0 Å². The Morgan fingerprint density at radius 3 is 2.23 bits per heavy atom. The largest absolute Gasteiger partial charge is 0.501 e. The van der Waals surface area contributed by atoms with Gasteiger partial charge in [0.2, 0.25) is 0 Å². The van der Waals surface area contributed by atoms with Crippen LogP contribution in [0.25, 0.3) is 66.4 Å². The van der Waals surface area contributed by atoms with Crippen LogP contribution in [0.2, 0.25) is 19.6 Å². The Kier molecular flexibility index (Phi) is 12.7. The number of hydrogen-bond acceptors (Lipinski definition) is 4. The zero-order chi connectivity index (χ0) is 42.2. The predicted octanol–water partition coefficient (Wildman–Crippen LogP) is 14.3. The molecule has 8 aromatic rings. The molecule has 0 atom stereocenters. The fourth-order valence-corrected chi connectivity index (χ4v) is 10.8. The summed E-state index contributed by atoms with van der Waals surface area (Å²) in [6.07, 6.45) is 10.4. The molecule has 9 rings (SSSR count). The van der Waals surface area contributed by atoms with E-state index >= 15 is 0 Å². The monoisotopic (exact) mass is 994 g/mol. The minimum Gasteiger partial charge on any atom is -0.501 e. The first-order chi connectivity index (χ1) is 28.7. The Labute approximate surface area is 376 Å². The number of benzene rings is 5. The summed E-state index contributed by atoms with van der Waals surface area (Å²) in [5, 5.41) is 15.4. The van der Waals surface area contributed by atoms with E-state index in [1.165, 1.54) is 52.8 Å². The fraction of sp³-hybridized carbons (Fsp3) is 0.291. The van der Waals surface area contributed by atoms with Gasteiger partial charge in [-0.15, -0.1) is 41.3 Å². The van der Waals surface area contributed by atoms with E-state index in [-0.39, 0.29) is 30.9 Å². The van der Waals surface area contributed by atoms with E-state index in [1.54, 1.807) is 0 Å². The number of hydrogen-bond donors (Lipinski definition) is 0. The van der Waals surface area contributed by atoms with Crippen LogP contribution in [0.5, 0.6) is 0 Å². The summed E-state index contributed by atoms with van der Waals surface area (Å²) in [7, 11) is -1.43. The molecule has 0 N–H and O–H groups in total. The van der Waals surface area contributed by atoms with Gasteiger partial charge < -0.3 is 14.4 Å². The molecule has 5 aromatic carbocycles. The van der Waals surface area contributed by atoms with Crippen molar-refractivity contribution >= 4 is 46.0 Å². The van der Waals surface area contributed by atoms with Gasteiger partial charge in [0.05, 0.1) is 25.3 Å². The number of pyridine rings is 2. The Bertz CT molecular complexity index is 2860. The summed E-state index contributed by atoms with van der Waals surface area (Å²) in [5.41, 5.74) is 11.2. The minimum absolute atomic E-state index is 0. The van der Waals surface area contributed by atoms with E-state index in [2.05, 4.69) is 145 Å². The SMILES string of the molecule is CC(C)(C)Cc1cc(-c2[c-]ccc3ccccc23)ncc1[Si](C)(C)C.CC(C)(c1ccnc(-c2[c-]cc(-c3ccccc3)c3c2oc2cc(C#N)ccc23)c1)C1CCCC1.[Ir]. The molecule has 6 heteroatoms. The molecule has 311 valence electrons. The number of nitriles is 1. The minimum atomic E-state index is -1.43. The maximum atomic E-state index is 9.43. The van der Waals surface area contributed by atoms with Gasteiger partial charge in [0.15, 0.2) is 0 Å². The van der Waals surface area contributed by atoms with E-state index in [1.807, 2.05) is 48.7 Å². The van der Waals surface area contributed by atoms with Crippen LogP contribution in [-0.2, 0) is 31.9 Å². The van der Waals surface area contributed by atoms with Crippen molar-refractivity contribution in [3.8, 4) is 39.7 Å². The number of furan rings is 1. The number of nitrogens with zero attached hydrogens (tertiary/aromatic N) is 3. The first-order valence-corrected chi connectivity index (χ1v) is 24.9. The van der Waals surface area contributed by atoms with Crippen LogP contribution in [0.15, 0.2) is 126 Å². The van der Waals surface area contributed by atoms with Crippen molar-refractivity contribution in [3.63, 3.8) is 0 Å². The van der Waals surface area contributed by atoms with Crippen molar-refractivity contribution in [2.24, 2.45) is 11.3 Å². The summed E-state index contributed by atoms with van der Waals surface area (Å²) >= 11 is 0. The van der Waals surface area contributed by atoms with Crippen molar-refractivity contribution in [3.05, 3.63) is 150 Å². The normalized spacial score (nSPS) is 13.5. The topological polar surface area (TPSA) is 62.7 Å². The molecule has 61 heavy (non-hydrogen) atoms. The molecule has 1 aliphatic rings. The maximum Gasteiger partial charge on any atom is 0.122 e. The van der Waals surface area contributed by atoms with E-state index in [4.69, 9.17) is 14.4 Å². The van der Waals surface area contributed by atoms with Crippen LogP contribution in [0.4, 0.5) is 0 Å². The molecular formula is C55H55IrN3OSi-2. The van der Waals surface area contributed by atoms with Gasteiger partial charge in [0, 0.05) is 37.9 Å². The maximum absolute atomic E-state index is 9.43. The van der Waals surface area contributed by atoms with Crippen molar-refractivity contribution in [2.75, 3.05) is 0 Å². The summed E-state index contributed by atoms with van der Waals surface area (Å²) in [6, 6.07) is 46.5. The third-order valence-electron chi connectivity index (χ3n) is 12.4. The molecule has 3 aromatic heterocycles. The Balaban J connectivity index is 0.000000192. The van der Waals surface area contributed by atoms with Gasteiger partial charge in [0.1, 0.15) is 5.58 Å². The van der Waals surface area contributed by atoms with E-state index < -0.39 is 8.07 Å². The van der Waals surface area contributed by atoms with Crippen LogP contribution < -0.4 is 5.19 Å². The van der Waals surface area contributed by atoms with Crippen molar-refractivity contribution in [2.45, 2.75) is 91.8 Å². The van der Waals surface area contributed by atoms with Crippen LogP contribution in [0, 0.1) is 34.8 Å². The van der Waals surface area contributed by atoms with Gasteiger partial charge in [0.25, 0.3) is 0 Å². The number of aromatic nitrogens is 2. The zero-order valence-electron chi connectivity index (χ0n) is 36.7. The Morgan fingerprint density at radius 2 is 1.51 bits per heavy atom. The van der Waals surface area contributed by atoms with Gasteiger partial charge in [-0.3, -0.25) is 0 Å².